The van der Waals surface area contributed by atoms with Crippen molar-refractivity contribution in [2.45, 2.75) is 65.7 Å². The average Bonchev–Trinajstić information content (AvgIpc) is 2.70. The summed E-state index contributed by atoms with van der Waals surface area (Å²) in [6.45, 7) is 13.7. The maximum Gasteiger partial charge on any atom is 0.429 e. The second kappa shape index (κ2) is 9.23. The number of nitrogens with zero attached hydrogens (tertiary/aromatic N) is 4. The van der Waals surface area contributed by atoms with Gasteiger partial charge in [0.1, 0.15) is 17.0 Å². The number of methoxy groups -OCH3 is 1. The van der Waals surface area contributed by atoms with Gasteiger partial charge in [-0.25, -0.2) is 19.4 Å². The minimum atomic E-state index is -0.742. The number of carbonyl (C=O) groups excluding carboxylic acids is 3. The molecule has 1 aromatic carbocycles. The highest BCUT2D eigenvalue weighted by Gasteiger charge is 2.46. The van der Waals surface area contributed by atoms with Gasteiger partial charge in [0.2, 0.25) is 0 Å². The van der Waals surface area contributed by atoms with Crippen LogP contribution in [-0.2, 0) is 9.47 Å². The van der Waals surface area contributed by atoms with Crippen LogP contribution in [0.1, 0.15) is 47.1 Å². The van der Waals surface area contributed by atoms with E-state index in [1.807, 2.05) is 27.7 Å². The highest BCUT2D eigenvalue weighted by Crippen LogP contribution is 2.31. The second-order valence-electron chi connectivity index (χ2n) is 10.6. The van der Waals surface area contributed by atoms with Crippen molar-refractivity contribution in [3.8, 4) is 5.75 Å². The molecule has 10 heteroatoms. The molecular formula is C24H36N4O6. The third-order valence-electron chi connectivity index (χ3n) is 5.41. The number of rotatable bonds is 2. The van der Waals surface area contributed by atoms with Crippen LogP contribution in [0.25, 0.3) is 0 Å². The van der Waals surface area contributed by atoms with Crippen molar-refractivity contribution in [1.29, 1.82) is 0 Å². The Morgan fingerprint density at radius 2 is 1.56 bits per heavy atom. The van der Waals surface area contributed by atoms with Gasteiger partial charge in [-0.15, -0.1) is 0 Å². The Hall–Kier alpha value is -3.17. The summed E-state index contributed by atoms with van der Waals surface area (Å²) in [5, 5.41) is 2.66. The van der Waals surface area contributed by atoms with E-state index in [0.717, 1.165) is 5.56 Å². The topological polar surface area (TPSA) is 91.9 Å². The van der Waals surface area contributed by atoms with Gasteiger partial charge in [0, 0.05) is 19.6 Å². The van der Waals surface area contributed by atoms with Crippen LogP contribution in [0.2, 0.25) is 0 Å². The first-order valence-corrected chi connectivity index (χ1v) is 11.4. The third-order valence-corrected chi connectivity index (χ3v) is 5.41. The standard InChI is InChI=1S/C24H36N4O6/c1-16-13-17(9-10-19(16)32-8)28-20(29)26-12-11-25(21(30)33-23(2,3)4)14-18(26)15-27(28)22(31)34-24(5,6)7/h9-10,13,18H,11-12,14-15H2,1-8H3/t18-/m0/s1. The Morgan fingerprint density at radius 3 is 2.12 bits per heavy atom. The van der Waals surface area contributed by atoms with E-state index in [-0.39, 0.29) is 19.1 Å². The number of urea groups is 1. The highest BCUT2D eigenvalue weighted by molar-refractivity contribution is 5.96. The first-order chi connectivity index (χ1) is 15.7. The van der Waals surface area contributed by atoms with E-state index in [4.69, 9.17) is 14.2 Å². The van der Waals surface area contributed by atoms with Gasteiger partial charge in [0.25, 0.3) is 0 Å². The number of anilines is 1. The van der Waals surface area contributed by atoms with Crippen LogP contribution < -0.4 is 9.75 Å². The number of amides is 4. The fourth-order valence-corrected chi connectivity index (χ4v) is 3.98. The fourth-order valence-electron chi connectivity index (χ4n) is 3.98. The lowest BCUT2D eigenvalue weighted by Gasteiger charge is -2.50. The number of hydrazine groups is 1. The Labute approximate surface area is 201 Å². The van der Waals surface area contributed by atoms with E-state index in [2.05, 4.69) is 0 Å². The van der Waals surface area contributed by atoms with E-state index in [1.165, 1.54) is 10.0 Å². The lowest BCUT2D eigenvalue weighted by Crippen LogP contribution is -2.71. The van der Waals surface area contributed by atoms with Crippen LogP contribution in [-0.4, -0.2) is 83.6 Å². The molecule has 0 aromatic heterocycles. The summed E-state index contributed by atoms with van der Waals surface area (Å²) < 4.78 is 16.5. The number of fused-ring (bicyclic) bond motifs is 1. The lowest BCUT2D eigenvalue weighted by molar-refractivity contribution is -0.0114. The molecule has 4 amide bonds. The maximum absolute atomic E-state index is 13.6. The van der Waals surface area contributed by atoms with Crippen molar-refractivity contribution < 1.29 is 28.6 Å². The molecule has 34 heavy (non-hydrogen) atoms. The van der Waals surface area contributed by atoms with Crippen LogP contribution >= 0.6 is 0 Å². The van der Waals surface area contributed by atoms with E-state index >= 15 is 0 Å². The van der Waals surface area contributed by atoms with E-state index < -0.39 is 29.4 Å². The van der Waals surface area contributed by atoms with Gasteiger partial charge < -0.3 is 24.0 Å². The highest BCUT2D eigenvalue weighted by atomic mass is 16.6. The Kier molecular flexibility index (Phi) is 6.91. The molecule has 0 unspecified atom stereocenters. The number of ether oxygens (including phenoxy) is 3. The van der Waals surface area contributed by atoms with E-state index in [0.29, 0.717) is 24.5 Å². The van der Waals surface area contributed by atoms with Crippen LogP contribution in [0.5, 0.6) is 5.75 Å². The smallest absolute Gasteiger partial charge is 0.429 e. The van der Waals surface area contributed by atoms with Crippen LogP contribution in [0.3, 0.4) is 0 Å². The largest absolute Gasteiger partial charge is 0.496 e. The molecule has 0 radical (unpaired) electrons. The normalized spacial score (nSPS) is 19.1. The molecule has 0 spiro atoms. The van der Waals surface area contributed by atoms with Crippen molar-refractivity contribution in [3.05, 3.63) is 23.8 Å². The van der Waals surface area contributed by atoms with Crippen molar-refractivity contribution in [2.75, 3.05) is 38.3 Å². The van der Waals surface area contributed by atoms with Crippen LogP contribution in [0.4, 0.5) is 20.1 Å². The van der Waals surface area contributed by atoms with Gasteiger partial charge in [-0.2, -0.15) is 5.01 Å². The first-order valence-electron chi connectivity index (χ1n) is 11.4. The zero-order valence-corrected chi connectivity index (χ0v) is 21.4. The summed E-state index contributed by atoms with van der Waals surface area (Å²) in [5.74, 6) is 0.681. The molecule has 1 atom stereocenters. The summed E-state index contributed by atoms with van der Waals surface area (Å²) in [4.78, 5) is 42.7. The zero-order chi connectivity index (χ0) is 25.4. The number of piperazine rings is 1. The average molecular weight is 477 g/mol. The van der Waals surface area contributed by atoms with Gasteiger partial charge in [-0.05, 0) is 72.2 Å². The molecule has 10 nitrogen and oxygen atoms in total. The lowest BCUT2D eigenvalue weighted by atomic mass is 10.1. The van der Waals surface area contributed by atoms with Gasteiger partial charge in [0.15, 0.2) is 0 Å². The molecular weight excluding hydrogens is 440 g/mol. The molecule has 2 heterocycles. The quantitative estimate of drug-likeness (QED) is 0.640. The van der Waals surface area contributed by atoms with Gasteiger partial charge in [-0.3, -0.25) is 0 Å². The molecule has 0 bridgehead atoms. The zero-order valence-electron chi connectivity index (χ0n) is 21.4. The van der Waals surface area contributed by atoms with Crippen LogP contribution in [0, 0.1) is 6.92 Å². The summed E-state index contributed by atoms with van der Waals surface area (Å²) in [5.41, 5.74) is -0.00763. The molecule has 0 saturated carbocycles. The summed E-state index contributed by atoms with van der Waals surface area (Å²) >= 11 is 0. The number of hydrogen-bond donors (Lipinski definition) is 0. The fraction of sp³-hybridized carbons (Fsp3) is 0.625. The molecule has 2 saturated heterocycles. The molecule has 2 fully saturated rings. The SMILES string of the molecule is COc1ccc(N2C(=O)N3CCN(C(=O)OC(C)(C)C)C[C@H]3CN2C(=O)OC(C)(C)C)cc1C. The van der Waals surface area contributed by atoms with Crippen molar-refractivity contribution >= 4 is 23.9 Å². The number of benzene rings is 1. The maximum atomic E-state index is 13.6. The predicted octanol–water partition coefficient (Wildman–Crippen LogP) is 4.02. The third kappa shape index (κ3) is 5.66. The number of carbonyl (C=O) groups is 3. The van der Waals surface area contributed by atoms with Crippen LogP contribution in [0.15, 0.2) is 18.2 Å². The minimum absolute atomic E-state index is 0.172. The second-order valence-corrected chi connectivity index (χ2v) is 10.6. The van der Waals surface area contributed by atoms with Crippen molar-refractivity contribution in [2.24, 2.45) is 0 Å². The summed E-state index contributed by atoms with van der Waals surface area (Å²) in [6, 6.07) is 4.55. The molecule has 0 aliphatic carbocycles. The van der Waals surface area contributed by atoms with Crippen molar-refractivity contribution in [1.82, 2.24) is 14.8 Å². The molecule has 1 aromatic rings. The van der Waals surface area contributed by atoms with Crippen molar-refractivity contribution in [3.63, 3.8) is 0 Å². The summed E-state index contributed by atoms with van der Waals surface area (Å²) in [6.07, 6.45) is -1.07. The number of aryl methyl sites for hydroxylation is 1. The molecule has 2 aliphatic heterocycles. The van der Waals surface area contributed by atoms with Gasteiger partial charge >= 0.3 is 18.2 Å². The molecule has 0 N–H and O–H groups in total. The van der Waals surface area contributed by atoms with Gasteiger partial charge in [-0.1, -0.05) is 0 Å². The Bertz CT molecular complexity index is 952. The summed E-state index contributed by atoms with van der Waals surface area (Å²) in [7, 11) is 1.58. The van der Waals surface area contributed by atoms with Gasteiger partial charge in [0.05, 0.1) is 25.4 Å². The minimum Gasteiger partial charge on any atom is -0.496 e. The monoisotopic (exact) mass is 476 g/mol. The van der Waals surface area contributed by atoms with E-state index in [1.54, 1.807) is 55.9 Å². The Balaban J connectivity index is 1.91. The molecule has 188 valence electrons. The predicted molar refractivity (Wildman–Crippen MR) is 127 cm³/mol. The molecule has 3 rings (SSSR count). The Morgan fingerprint density at radius 1 is 0.941 bits per heavy atom. The van der Waals surface area contributed by atoms with E-state index in [9.17, 15) is 14.4 Å². The number of hydrogen-bond acceptors (Lipinski definition) is 6. The first kappa shape index (κ1) is 25.5. The molecule has 2 aliphatic rings.